The maximum atomic E-state index is 12.6. The van der Waals surface area contributed by atoms with Crippen LogP contribution in [-0.2, 0) is 4.74 Å². The van der Waals surface area contributed by atoms with Crippen LogP contribution in [0.1, 0.15) is 31.1 Å². The third-order valence-electron chi connectivity index (χ3n) is 4.54. The van der Waals surface area contributed by atoms with Crippen LogP contribution in [0.25, 0.3) is 5.69 Å². The van der Waals surface area contributed by atoms with Gasteiger partial charge in [-0.1, -0.05) is 6.07 Å². The fourth-order valence-corrected chi connectivity index (χ4v) is 3.14. The minimum Gasteiger partial charge on any atom is -0.465 e. The monoisotopic (exact) mass is 405 g/mol. The molecule has 1 aliphatic rings. The molecule has 3 aromatic rings. The molecule has 0 radical (unpaired) electrons. The molecule has 4 rings (SSSR count). The van der Waals surface area contributed by atoms with Crippen LogP contribution in [0.2, 0.25) is 0 Å². The second-order valence-electron chi connectivity index (χ2n) is 6.39. The maximum absolute atomic E-state index is 12.6. The van der Waals surface area contributed by atoms with E-state index in [1.807, 2.05) is 0 Å². The number of imide groups is 1. The quantitative estimate of drug-likeness (QED) is 0.501. The number of anilines is 1. The standard InChI is InChI=1S/C21H15N3O6/c1-29-21(28)11-5-7-13(8-6-11)30-14-4-2-3-12(9-14)24-16(25)10-15-17(18(24)22)20(27)23-19(15)26/h2-10H,22H2,1H3,(H,23,26,27). The van der Waals surface area contributed by atoms with Crippen molar-refractivity contribution in [1.82, 2.24) is 9.88 Å². The van der Waals surface area contributed by atoms with Gasteiger partial charge >= 0.3 is 5.97 Å². The number of esters is 1. The van der Waals surface area contributed by atoms with Gasteiger partial charge in [0, 0.05) is 12.1 Å². The van der Waals surface area contributed by atoms with Gasteiger partial charge in [-0.25, -0.2) is 4.79 Å². The molecule has 0 unspecified atom stereocenters. The number of carbonyl (C=O) groups is 3. The summed E-state index contributed by atoms with van der Waals surface area (Å²) in [6.45, 7) is 0. The van der Waals surface area contributed by atoms with Crippen LogP contribution in [-0.4, -0.2) is 29.5 Å². The summed E-state index contributed by atoms with van der Waals surface area (Å²) in [6, 6.07) is 13.9. The number of carbonyl (C=O) groups excluding carboxylic acids is 3. The number of ether oxygens (including phenoxy) is 2. The summed E-state index contributed by atoms with van der Waals surface area (Å²) in [6.07, 6.45) is 0. The molecule has 1 aromatic heterocycles. The molecule has 0 fully saturated rings. The molecular formula is C21H15N3O6. The Balaban J connectivity index is 1.69. The molecule has 9 heteroatoms. The smallest absolute Gasteiger partial charge is 0.337 e. The first kappa shape index (κ1) is 18.9. The van der Waals surface area contributed by atoms with Crippen LogP contribution >= 0.6 is 0 Å². The molecule has 2 heterocycles. The first-order chi connectivity index (χ1) is 14.4. The van der Waals surface area contributed by atoms with E-state index in [9.17, 15) is 19.2 Å². The highest BCUT2D eigenvalue weighted by Crippen LogP contribution is 2.27. The fourth-order valence-electron chi connectivity index (χ4n) is 3.14. The van der Waals surface area contributed by atoms with Gasteiger partial charge in [0.2, 0.25) is 0 Å². The molecule has 0 spiro atoms. The Bertz CT molecular complexity index is 1260. The molecule has 150 valence electrons. The number of fused-ring (bicyclic) bond motifs is 1. The molecule has 2 aromatic carbocycles. The first-order valence-electron chi connectivity index (χ1n) is 8.77. The number of aromatic nitrogens is 1. The minimum absolute atomic E-state index is 0.0377. The van der Waals surface area contributed by atoms with Crippen molar-refractivity contribution in [3.63, 3.8) is 0 Å². The van der Waals surface area contributed by atoms with Crippen LogP contribution in [0.5, 0.6) is 11.5 Å². The molecule has 3 N–H and O–H groups in total. The Morgan fingerprint density at radius 2 is 1.70 bits per heavy atom. The lowest BCUT2D eigenvalue weighted by molar-refractivity contribution is 0.0600. The van der Waals surface area contributed by atoms with Gasteiger partial charge in [-0.2, -0.15) is 0 Å². The van der Waals surface area contributed by atoms with Gasteiger partial charge in [-0.05, 0) is 36.4 Å². The van der Waals surface area contributed by atoms with Crippen LogP contribution in [0.15, 0.2) is 59.4 Å². The lowest BCUT2D eigenvalue weighted by Crippen LogP contribution is -2.24. The highest BCUT2D eigenvalue weighted by Gasteiger charge is 2.31. The van der Waals surface area contributed by atoms with Gasteiger partial charge in [0.1, 0.15) is 17.3 Å². The third kappa shape index (κ3) is 3.18. The number of nitrogen functional groups attached to an aromatic ring is 1. The Kier molecular flexibility index (Phi) is 4.55. The molecular weight excluding hydrogens is 390 g/mol. The van der Waals surface area contributed by atoms with Gasteiger partial charge in [0.05, 0.1) is 29.5 Å². The van der Waals surface area contributed by atoms with Gasteiger partial charge < -0.3 is 15.2 Å². The maximum Gasteiger partial charge on any atom is 0.337 e. The van der Waals surface area contributed by atoms with E-state index in [4.69, 9.17) is 10.5 Å². The second-order valence-corrected chi connectivity index (χ2v) is 6.39. The molecule has 1 aliphatic heterocycles. The lowest BCUT2D eigenvalue weighted by atomic mass is 10.1. The van der Waals surface area contributed by atoms with E-state index in [1.54, 1.807) is 48.5 Å². The van der Waals surface area contributed by atoms with Crippen molar-refractivity contribution in [1.29, 1.82) is 0 Å². The van der Waals surface area contributed by atoms with E-state index < -0.39 is 23.3 Å². The number of hydrogen-bond acceptors (Lipinski definition) is 7. The number of pyridine rings is 1. The third-order valence-corrected chi connectivity index (χ3v) is 4.54. The van der Waals surface area contributed by atoms with Crippen molar-refractivity contribution in [3.8, 4) is 17.2 Å². The zero-order valence-corrected chi connectivity index (χ0v) is 15.7. The predicted octanol–water partition coefficient (Wildman–Crippen LogP) is 1.88. The summed E-state index contributed by atoms with van der Waals surface area (Å²) in [5, 5.41) is 2.12. The van der Waals surface area contributed by atoms with Crippen LogP contribution in [0, 0.1) is 0 Å². The molecule has 0 atom stereocenters. The van der Waals surface area contributed by atoms with Crippen molar-refractivity contribution in [3.05, 3.63) is 81.6 Å². The molecule has 2 amide bonds. The molecule has 0 saturated heterocycles. The summed E-state index contributed by atoms with van der Waals surface area (Å²) in [5.74, 6) is -1.06. The van der Waals surface area contributed by atoms with E-state index in [0.717, 1.165) is 10.6 Å². The second kappa shape index (κ2) is 7.21. The molecule has 0 aliphatic carbocycles. The number of benzene rings is 2. The van der Waals surface area contributed by atoms with Crippen molar-refractivity contribution in [2.45, 2.75) is 0 Å². The SMILES string of the molecule is COC(=O)c1ccc(Oc2cccc(-n3c(N)c4c(cc3=O)C(=O)NC4=O)c2)cc1. The van der Waals surface area contributed by atoms with Crippen molar-refractivity contribution in [2.75, 3.05) is 12.8 Å². The molecule has 0 saturated carbocycles. The van der Waals surface area contributed by atoms with Crippen molar-refractivity contribution < 1.29 is 23.9 Å². The van der Waals surface area contributed by atoms with Gasteiger partial charge in [0.15, 0.2) is 0 Å². The number of hydrogen-bond donors (Lipinski definition) is 2. The number of amides is 2. The van der Waals surface area contributed by atoms with Gasteiger partial charge in [-0.3, -0.25) is 24.3 Å². The summed E-state index contributed by atoms with van der Waals surface area (Å²) in [4.78, 5) is 47.9. The number of nitrogens with two attached hydrogens (primary N) is 1. The fraction of sp³-hybridized carbons (Fsp3) is 0.0476. The van der Waals surface area contributed by atoms with E-state index in [2.05, 4.69) is 10.1 Å². The molecule has 30 heavy (non-hydrogen) atoms. The van der Waals surface area contributed by atoms with Crippen LogP contribution in [0.3, 0.4) is 0 Å². The normalized spacial score (nSPS) is 12.3. The minimum atomic E-state index is -0.654. The first-order valence-corrected chi connectivity index (χ1v) is 8.77. The number of nitrogens with one attached hydrogen (secondary N) is 1. The van der Waals surface area contributed by atoms with E-state index in [1.165, 1.54) is 7.11 Å². The highest BCUT2D eigenvalue weighted by atomic mass is 16.5. The van der Waals surface area contributed by atoms with Crippen molar-refractivity contribution in [2.24, 2.45) is 0 Å². The predicted molar refractivity (Wildman–Crippen MR) is 106 cm³/mol. The molecule has 0 bridgehead atoms. The summed E-state index contributed by atoms with van der Waals surface area (Å²) >= 11 is 0. The van der Waals surface area contributed by atoms with E-state index in [-0.39, 0.29) is 16.9 Å². The van der Waals surface area contributed by atoms with Gasteiger partial charge in [-0.15, -0.1) is 0 Å². The number of rotatable bonds is 4. The van der Waals surface area contributed by atoms with E-state index in [0.29, 0.717) is 22.7 Å². The topological polar surface area (TPSA) is 130 Å². The zero-order valence-electron chi connectivity index (χ0n) is 15.7. The average Bonchev–Trinajstić information content (AvgIpc) is 3.01. The number of methoxy groups -OCH3 is 1. The largest absolute Gasteiger partial charge is 0.465 e. The molecule has 9 nitrogen and oxygen atoms in total. The van der Waals surface area contributed by atoms with Crippen molar-refractivity contribution >= 4 is 23.6 Å². The van der Waals surface area contributed by atoms with Gasteiger partial charge in [0.25, 0.3) is 17.4 Å². The zero-order chi connectivity index (χ0) is 21.4. The Morgan fingerprint density at radius 1 is 0.967 bits per heavy atom. The Hall–Kier alpha value is -4.40. The average molecular weight is 405 g/mol. The highest BCUT2D eigenvalue weighted by molar-refractivity contribution is 6.23. The Labute approximate surface area is 169 Å². The van der Waals surface area contributed by atoms with E-state index >= 15 is 0 Å². The Morgan fingerprint density at radius 3 is 2.40 bits per heavy atom. The number of nitrogens with zero attached hydrogens (tertiary/aromatic N) is 1. The summed E-state index contributed by atoms with van der Waals surface area (Å²) in [5.41, 5.74) is 6.14. The summed E-state index contributed by atoms with van der Waals surface area (Å²) < 4.78 is 11.6. The van der Waals surface area contributed by atoms with Crippen LogP contribution < -0.4 is 21.3 Å². The lowest BCUT2D eigenvalue weighted by Gasteiger charge is -2.13. The summed E-state index contributed by atoms with van der Waals surface area (Å²) in [7, 11) is 1.30. The van der Waals surface area contributed by atoms with Crippen LogP contribution in [0.4, 0.5) is 5.82 Å².